The van der Waals surface area contributed by atoms with Crippen LogP contribution in [0.1, 0.15) is 39.9 Å². The summed E-state index contributed by atoms with van der Waals surface area (Å²) in [7, 11) is 0. The predicted molar refractivity (Wildman–Crippen MR) is 94.3 cm³/mol. The van der Waals surface area contributed by atoms with E-state index in [0.29, 0.717) is 16.3 Å². The van der Waals surface area contributed by atoms with Gasteiger partial charge in [0.25, 0.3) is 0 Å². The van der Waals surface area contributed by atoms with E-state index in [2.05, 4.69) is 5.32 Å². The molecule has 1 N–H and O–H groups in total. The maximum atomic E-state index is 12.3. The zero-order valence-corrected chi connectivity index (χ0v) is 14.3. The number of aryl methyl sites for hydroxylation is 2. The van der Waals surface area contributed by atoms with Crippen LogP contribution in [0.4, 0.5) is 5.69 Å². The van der Waals surface area contributed by atoms with E-state index in [0.717, 1.165) is 16.7 Å². The van der Waals surface area contributed by atoms with E-state index in [1.165, 1.54) is 0 Å². The Balaban J connectivity index is 1.98. The van der Waals surface area contributed by atoms with Crippen LogP contribution in [-0.4, -0.2) is 11.7 Å². The fourth-order valence-corrected chi connectivity index (χ4v) is 2.53. The van der Waals surface area contributed by atoms with Crippen molar-refractivity contribution in [2.24, 2.45) is 0 Å². The van der Waals surface area contributed by atoms with E-state index in [9.17, 15) is 9.59 Å². The molecule has 0 aliphatic carbocycles. The quantitative estimate of drug-likeness (QED) is 0.796. The Morgan fingerprint density at radius 3 is 2.52 bits per heavy atom. The Kier molecular flexibility index (Phi) is 5.56. The maximum Gasteiger partial charge on any atom is 0.224 e. The van der Waals surface area contributed by atoms with Crippen molar-refractivity contribution < 1.29 is 9.59 Å². The predicted octanol–water partition coefficient (Wildman–Crippen LogP) is 4.87. The number of amides is 1. The van der Waals surface area contributed by atoms with Crippen LogP contribution in [0.25, 0.3) is 0 Å². The van der Waals surface area contributed by atoms with Crippen LogP contribution >= 0.6 is 11.6 Å². The van der Waals surface area contributed by atoms with Crippen LogP contribution in [-0.2, 0) is 4.79 Å². The number of hydrogen-bond acceptors (Lipinski definition) is 2. The fraction of sp³-hybridized carbons (Fsp3) is 0.263. The van der Waals surface area contributed by atoms with Gasteiger partial charge in [0.05, 0.1) is 0 Å². The summed E-state index contributed by atoms with van der Waals surface area (Å²) in [6.07, 6.45) is 0.341. The highest BCUT2D eigenvalue weighted by atomic mass is 35.5. The third-order valence-corrected chi connectivity index (χ3v) is 4.22. The molecule has 0 bridgehead atoms. The molecule has 1 amide bonds. The third kappa shape index (κ3) is 4.42. The lowest BCUT2D eigenvalue weighted by atomic mass is 9.99. The second kappa shape index (κ2) is 7.42. The smallest absolute Gasteiger partial charge is 0.224 e. The number of carbonyl (C=O) groups is 2. The molecule has 0 saturated carbocycles. The molecule has 120 valence electrons. The van der Waals surface area contributed by atoms with Crippen molar-refractivity contribution in [1.82, 2.24) is 0 Å². The van der Waals surface area contributed by atoms with Crippen LogP contribution in [0, 0.1) is 20.8 Å². The second-order valence-corrected chi connectivity index (χ2v) is 6.11. The lowest BCUT2D eigenvalue weighted by Gasteiger charge is -2.10. The van der Waals surface area contributed by atoms with Crippen molar-refractivity contribution in [2.75, 3.05) is 5.32 Å². The summed E-state index contributed by atoms with van der Waals surface area (Å²) in [5, 5.41) is 3.41. The Hall–Kier alpha value is -2.13. The summed E-state index contributed by atoms with van der Waals surface area (Å²) in [5.74, 6) is -0.196. The summed E-state index contributed by atoms with van der Waals surface area (Å²) in [5.41, 5.74) is 4.17. The minimum absolute atomic E-state index is 0.0100. The van der Waals surface area contributed by atoms with Gasteiger partial charge in [-0.3, -0.25) is 9.59 Å². The fourth-order valence-electron chi connectivity index (χ4n) is 2.35. The van der Waals surface area contributed by atoms with Gasteiger partial charge in [0.2, 0.25) is 5.91 Å². The molecule has 0 aliphatic rings. The molecular weight excluding hydrogens is 310 g/mol. The lowest BCUT2D eigenvalue weighted by Crippen LogP contribution is -2.14. The molecule has 23 heavy (non-hydrogen) atoms. The van der Waals surface area contributed by atoms with Gasteiger partial charge in [-0.1, -0.05) is 35.4 Å². The second-order valence-electron chi connectivity index (χ2n) is 5.70. The van der Waals surface area contributed by atoms with Crippen LogP contribution < -0.4 is 5.32 Å². The molecule has 2 aromatic carbocycles. The maximum absolute atomic E-state index is 12.3. The van der Waals surface area contributed by atoms with Crippen molar-refractivity contribution >= 4 is 29.0 Å². The van der Waals surface area contributed by atoms with Crippen LogP contribution in [0.5, 0.6) is 0 Å². The van der Waals surface area contributed by atoms with Gasteiger partial charge in [-0.2, -0.15) is 0 Å². The number of anilines is 1. The van der Waals surface area contributed by atoms with Crippen LogP contribution in [0.15, 0.2) is 36.4 Å². The SMILES string of the molecule is Cc1ccc(C)c(C(=O)CCC(=O)Nc2cccc(Cl)c2C)c1. The summed E-state index contributed by atoms with van der Waals surface area (Å²) in [6.45, 7) is 5.70. The molecule has 0 saturated heterocycles. The van der Waals surface area contributed by atoms with Gasteiger partial charge in [-0.15, -0.1) is 0 Å². The molecule has 0 atom stereocenters. The summed E-state index contributed by atoms with van der Waals surface area (Å²) >= 11 is 6.03. The first-order valence-electron chi connectivity index (χ1n) is 7.54. The average molecular weight is 330 g/mol. The van der Waals surface area contributed by atoms with E-state index < -0.39 is 0 Å². The third-order valence-electron chi connectivity index (χ3n) is 3.81. The normalized spacial score (nSPS) is 10.4. The van der Waals surface area contributed by atoms with Gasteiger partial charge >= 0.3 is 0 Å². The number of rotatable bonds is 5. The molecular formula is C19H20ClNO2. The molecule has 3 nitrogen and oxygen atoms in total. The van der Waals surface area contributed by atoms with Crippen molar-refractivity contribution in [3.05, 3.63) is 63.7 Å². The highest BCUT2D eigenvalue weighted by molar-refractivity contribution is 6.31. The van der Waals surface area contributed by atoms with Gasteiger partial charge < -0.3 is 5.32 Å². The molecule has 0 aromatic heterocycles. The van der Waals surface area contributed by atoms with E-state index >= 15 is 0 Å². The zero-order chi connectivity index (χ0) is 17.0. The molecule has 0 radical (unpaired) electrons. The van der Waals surface area contributed by atoms with E-state index in [1.807, 2.05) is 39.0 Å². The molecule has 0 unspecified atom stereocenters. The minimum atomic E-state index is -0.186. The van der Waals surface area contributed by atoms with Gasteiger partial charge in [0.15, 0.2) is 5.78 Å². The largest absolute Gasteiger partial charge is 0.326 e. The van der Waals surface area contributed by atoms with Gasteiger partial charge in [0.1, 0.15) is 0 Å². The first-order valence-corrected chi connectivity index (χ1v) is 7.91. The summed E-state index contributed by atoms with van der Waals surface area (Å²) in [6, 6.07) is 11.1. The average Bonchev–Trinajstić information content (AvgIpc) is 2.52. The molecule has 0 spiro atoms. The summed E-state index contributed by atoms with van der Waals surface area (Å²) < 4.78 is 0. The standard InChI is InChI=1S/C19H20ClNO2/c1-12-7-8-13(2)15(11-12)18(22)9-10-19(23)21-17-6-4-5-16(20)14(17)3/h4-8,11H,9-10H2,1-3H3,(H,21,23). The summed E-state index contributed by atoms with van der Waals surface area (Å²) in [4.78, 5) is 24.4. The van der Waals surface area contributed by atoms with E-state index in [-0.39, 0.29) is 24.5 Å². The first kappa shape index (κ1) is 17.2. The molecule has 4 heteroatoms. The molecule has 2 aromatic rings. The van der Waals surface area contributed by atoms with Gasteiger partial charge in [-0.25, -0.2) is 0 Å². The van der Waals surface area contributed by atoms with Gasteiger partial charge in [-0.05, 0) is 50.1 Å². The number of benzene rings is 2. The van der Waals surface area contributed by atoms with Crippen LogP contribution in [0.3, 0.4) is 0 Å². The van der Waals surface area contributed by atoms with Gasteiger partial charge in [0, 0.05) is 29.1 Å². The Morgan fingerprint density at radius 1 is 1.04 bits per heavy atom. The van der Waals surface area contributed by atoms with E-state index in [1.54, 1.807) is 18.2 Å². The number of ketones is 1. The minimum Gasteiger partial charge on any atom is -0.326 e. The first-order chi connectivity index (χ1) is 10.9. The van der Waals surface area contributed by atoms with E-state index in [4.69, 9.17) is 11.6 Å². The lowest BCUT2D eigenvalue weighted by molar-refractivity contribution is -0.116. The molecule has 0 aliphatic heterocycles. The highest BCUT2D eigenvalue weighted by Gasteiger charge is 2.13. The monoisotopic (exact) mass is 329 g/mol. The molecule has 0 heterocycles. The van der Waals surface area contributed by atoms with Crippen LogP contribution in [0.2, 0.25) is 5.02 Å². The Labute approximate surface area is 141 Å². The van der Waals surface area contributed by atoms with Crippen molar-refractivity contribution in [3.63, 3.8) is 0 Å². The molecule has 0 fully saturated rings. The number of nitrogens with one attached hydrogen (secondary N) is 1. The number of Topliss-reactive ketones (excluding diaryl/α,β-unsaturated/α-hetero) is 1. The topological polar surface area (TPSA) is 46.2 Å². The van der Waals surface area contributed by atoms with Crippen molar-refractivity contribution in [3.8, 4) is 0 Å². The Morgan fingerprint density at radius 2 is 1.78 bits per heavy atom. The number of carbonyl (C=O) groups excluding carboxylic acids is 2. The zero-order valence-electron chi connectivity index (χ0n) is 13.6. The molecule has 2 rings (SSSR count). The number of hydrogen-bond donors (Lipinski definition) is 1. The van der Waals surface area contributed by atoms with Crippen molar-refractivity contribution in [2.45, 2.75) is 33.6 Å². The Bertz CT molecular complexity index is 753. The van der Waals surface area contributed by atoms with Crippen molar-refractivity contribution in [1.29, 1.82) is 0 Å². The highest BCUT2D eigenvalue weighted by Crippen LogP contribution is 2.23. The number of halogens is 1.